The van der Waals surface area contributed by atoms with Crippen molar-refractivity contribution in [3.05, 3.63) is 59.7 Å². The fourth-order valence-corrected chi connectivity index (χ4v) is 4.32. The van der Waals surface area contributed by atoms with Gasteiger partial charge < -0.3 is 40.1 Å². The van der Waals surface area contributed by atoms with Crippen molar-refractivity contribution in [2.75, 3.05) is 13.2 Å². The molecule has 2 aromatic rings. The summed E-state index contributed by atoms with van der Waals surface area (Å²) >= 11 is 0. The molecule has 1 fully saturated rings. The molecule has 0 unspecified atom stereocenters. The van der Waals surface area contributed by atoms with Crippen molar-refractivity contribution in [3.8, 4) is 11.5 Å². The molecule has 1 aliphatic rings. The zero-order valence-corrected chi connectivity index (χ0v) is 19.2. The standard InChI is InChI=1S/C26H36O8/c27-15-22-24(31)23(16-28)34-26(25(22)32)33-21(14-9-18-7-12-20(30)13-8-18)4-2-1-3-17-5-10-19(29)11-6-17/h5-8,10-13,21-32H,1-4,9,14-16H2/t21-,22+,23-,24+,25-,26-/m1/s1. The number of aliphatic hydroxyl groups excluding tert-OH is 4. The Morgan fingerprint density at radius 1 is 0.735 bits per heavy atom. The normalized spacial score (nSPS) is 25.8. The van der Waals surface area contributed by atoms with Gasteiger partial charge in [0.2, 0.25) is 0 Å². The highest BCUT2D eigenvalue weighted by atomic mass is 16.7. The fraction of sp³-hybridized carbons (Fsp3) is 0.538. The molecule has 6 N–H and O–H groups in total. The van der Waals surface area contributed by atoms with Crippen molar-refractivity contribution in [2.45, 2.75) is 69.2 Å². The van der Waals surface area contributed by atoms with Crippen LogP contribution in [0.5, 0.6) is 11.5 Å². The Labute approximate surface area is 200 Å². The van der Waals surface area contributed by atoms with Crippen LogP contribution in [0.3, 0.4) is 0 Å². The average Bonchev–Trinajstić information content (AvgIpc) is 2.84. The molecule has 0 bridgehead atoms. The molecule has 8 nitrogen and oxygen atoms in total. The molecule has 1 heterocycles. The number of benzene rings is 2. The first-order chi connectivity index (χ1) is 16.4. The summed E-state index contributed by atoms with van der Waals surface area (Å²) < 4.78 is 11.8. The second-order valence-electron chi connectivity index (χ2n) is 8.93. The van der Waals surface area contributed by atoms with Crippen molar-refractivity contribution in [1.82, 2.24) is 0 Å². The topological polar surface area (TPSA) is 140 Å². The maximum atomic E-state index is 10.6. The van der Waals surface area contributed by atoms with Gasteiger partial charge in [-0.1, -0.05) is 30.7 Å². The van der Waals surface area contributed by atoms with Crippen LogP contribution in [0.2, 0.25) is 0 Å². The number of hydrogen-bond donors (Lipinski definition) is 6. The van der Waals surface area contributed by atoms with E-state index in [1.54, 1.807) is 24.3 Å². The van der Waals surface area contributed by atoms with E-state index in [4.69, 9.17) is 9.47 Å². The van der Waals surface area contributed by atoms with Crippen molar-refractivity contribution in [3.63, 3.8) is 0 Å². The summed E-state index contributed by atoms with van der Waals surface area (Å²) in [6.07, 6.45) is -0.0125. The molecule has 8 heteroatoms. The highest BCUT2D eigenvalue weighted by Gasteiger charge is 2.45. The SMILES string of the molecule is OC[C@@H]1[C@@H](O)[C@H](O[C@H](CCCCc2ccc(O)cc2)CCc2ccc(O)cc2)O[C@H](CO)[C@H]1O. The van der Waals surface area contributed by atoms with E-state index in [1.807, 2.05) is 24.3 Å². The third-order valence-electron chi connectivity index (χ3n) is 6.43. The highest BCUT2D eigenvalue weighted by molar-refractivity contribution is 5.26. The van der Waals surface area contributed by atoms with Crippen LogP contribution in [0.15, 0.2) is 48.5 Å². The summed E-state index contributed by atoms with van der Waals surface area (Å²) in [5.74, 6) is -0.429. The smallest absolute Gasteiger partial charge is 0.184 e. The van der Waals surface area contributed by atoms with Gasteiger partial charge in [0.25, 0.3) is 0 Å². The van der Waals surface area contributed by atoms with Crippen molar-refractivity contribution in [2.24, 2.45) is 5.92 Å². The lowest BCUT2D eigenvalue weighted by molar-refractivity contribution is -0.305. The molecular weight excluding hydrogens is 440 g/mol. The van der Waals surface area contributed by atoms with Crippen LogP contribution in [0, 0.1) is 5.92 Å². The molecule has 1 saturated heterocycles. The van der Waals surface area contributed by atoms with E-state index >= 15 is 0 Å². The number of hydrogen-bond acceptors (Lipinski definition) is 8. The molecule has 0 aromatic heterocycles. The number of rotatable bonds is 12. The number of phenolic OH excluding ortho intramolecular Hbond substituents is 2. The van der Waals surface area contributed by atoms with Gasteiger partial charge in [0.15, 0.2) is 6.29 Å². The number of unbranched alkanes of at least 4 members (excludes halogenated alkanes) is 1. The number of aromatic hydroxyl groups is 2. The zero-order valence-electron chi connectivity index (χ0n) is 19.2. The van der Waals surface area contributed by atoms with E-state index in [0.29, 0.717) is 19.3 Å². The van der Waals surface area contributed by atoms with Gasteiger partial charge >= 0.3 is 0 Å². The molecular formula is C26H36O8. The van der Waals surface area contributed by atoms with Crippen LogP contribution in [0.4, 0.5) is 0 Å². The van der Waals surface area contributed by atoms with Crippen LogP contribution in [-0.2, 0) is 22.3 Å². The number of aliphatic hydroxyl groups is 4. The second-order valence-corrected chi connectivity index (χ2v) is 8.93. The molecule has 2 aromatic carbocycles. The fourth-order valence-electron chi connectivity index (χ4n) is 4.32. The Morgan fingerprint density at radius 2 is 1.32 bits per heavy atom. The predicted octanol–water partition coefficient (Wildman–Crippen LogP) is 1.88. The number of phenols is 2. The van der Waals surface area contributed by atoms with Crippen molar-refractivity contribution < 1.29 is 40.1 Å². The Balaban J connectivity index is 1.60. The molecule has 0 saturated carbocycles. The number of aryl methyl sites for hydroxylation is 2. The Bertz CT molecular complexity index is 841. The Morgan fingerprint density at radius 3 is 1.88 bits per heavy atom. The van der Waals surface area contributed by atoms with Crippen LogP contribution >= 0.6 is 0 Å². The van der Waals surface area contributed by atoms with Crippen LogP contribution in [0.25, 0.3) is 0 Å². The van der Waals surface area contributed by atoms with Gasteiger partial charge in [-0.3, -0.25) is 0 Å². The highest BCUT2D eigenvalue weighted by Crippen LogP contribution is 2.29. The molecule has 0 amide bonds. The molecule has 188 valence electrons. The Kier molecular flexibility index (Phi) is 10.1. The lowest BCUT2D eigenvalue weighted by Gasteiger charge is -2.42. The van der Waals surface area contributed by atoms with Crippen LogP contribution < -0.4 is 0 Å². The maximum absolute atomic E-state index is 10.6. The largest absolute Gasteiger partial charge is 0.508 e. The van der Waals surface area contributed by atoms with Crippen LogP contribution in [0.1, 0.15) is 36.8 Å². The quantitative estimate of drug-likeness (QED) is 0.255. The maximum Gasteiger partial charge on any atom is 0.184 e. The average molecular weight is 477 g/mol. The minimum absolute atomic E-state index is 0.202. The van der Waals surface area contributed by atoms with Gasteiger partial charge in [-0.15, -0.1) is 0 Å². The summed E-state index contributed by atoms with van der Waals surface area (Å²) in [7, 11) is 0. The van der Waals surface area contributed by atoms with Gasteiger partial charge in [-0.2, -0.15) is 0 Å². The first kappa shape index (κ1) is 26.4. The van der Waals surface area contributed by atoms with E-state index in [0.717, 1.165) is 30.4 Å². The Hall–Kier alpha value is -2.20. The molecule has 34 heavy (non-hydrogen) atoms. The number of ether oxygens (including phenoxy) is 2. The third-order valence-corrected chi connectivity index (χ3v) is 6.43. The van der Waals surface area contributed by atoms with E-state index in [9.17, 15) is 30.6 Å². The summed E-state index contributed by atoms with van der Waals surface area (Å²) in [5, 5.41) is 58.9. The van der Waals surface area contributed by atoms with Crippen molar-refractivity contribution in [1.29, 1.82) is 0 Å². The lowest BCUT2D eigenvalue weighted by Crippen LogP contribution is -2.57. The summed E-state index contributed by atoms with van der Waals surface area (Å²) in [5.41, 5.74) is 2.17. The molecule has 0 aliphatic carbocycles. The molecule has 1 aliphatic heterocycles. The molecule has 3 rings (SSSR count). The van der Waals surface area contributed by atoms with E-state index in [2.05, 4.69) is 0 Å². The first-order valence-corrected chi connectivity index (χ1v) is 11.9. The van der Waals surface area contributed by atoms with Crippen LogP contribution in [-0.4, -0.2) is 74.6 Å². The van der Waals surface area contributed by atoms with Gasteiger partial charge in [-0.05, 0) is 67.5 Å². The van der Waals surface area contributed by atoms with Gasteiger partial charge in [-0.25, -0.2) is 0 Å². The molecule has 0 radical (unpaired) electrons. The van der Waals surface area contributed by atoms with Gasteiger partial charge in [0, 0.05) is 5.92 Å². The van der Waals surface area contributed by atoms with Gasteiger partial charge in [0.1, 0.15) is 23.7 Å². The van der Waals surface area contributed by atoms with Gasteiger partial charge in [0.05, 0.1) is 25.4 Å². The minimum Gasteiger partial charge on any atom is -0.508 e. The predicted molar refractivity (Wildman–Crippen MR) is 125 cm³/mol. The third kappa shape index (κ3) is 7.40. The van der Waals surface area contributed by atoms with Crippen molar-refractivity contribution >= 4 is 0 Å². The summed E-state index contributed by atoms with van der Waals surface area (Å²) in [6.45, 7) is -0.901. The summed E-state index contributed by atoms with van der Waals surface area (Å²) in [6, 6.07) is 14.1. The first-order valence-electron chi connectivity index (χ1n) is 11.9. The van der Waals surface area contributed by atoms with E-state index in [-0.39, 0.29) is 17.6 Å². The second kappa shape index (κ2) is 13.0. The molecule has 0 spiro atoms. The molecule has 6 atom stereocenters. The lowest BCUT2D eigenvalue weighted by atomic mass is 9.89. The zero-order chi connectivity index (χ0) is 24.5. The summed E-state index contributed by atoms with van der Waals surface area (Å²) in [4.78, 5) is 0. The minimum atomic E-state index is -1.23. The van der Waals surface area contributed by atoms with E-state index < -0.39 is 43.7 Å². The monoisotopic (exact) mass is 476 g/mol. The van der Waals surface area contributed by atoms with E-state index in [1.165, 1.54) is 0 Å².